The third-order valence-corrected chi connectivity index (χ3v) is 7.21. The number of methoxy groups -OCH3 is 1. The molecule has 2 aromatic carbocycles. The van der Waals surface area contributed by atoms with E-state index in [0.29, 0.717) is 16.6 Å². The molecule has 1 heterocycles. The fraction of sp³-hybridized carbons (Fsp3) is 0.200. The molecule has 1 aromatic heterocycles. The molecule has 10 heteroatoms. The molecule has 3 rings (SSSR count). The molecule has 0 aliphatic rings. The SMILES string of the molecule is COc1ccc(C(=O)Nc2ncc(Cc3cccc(Cl)c3)s2)cc1S(=O)(=O)N(C)C. The van der Waals surface area contributed by atoms with E-state index in [-0.39, 0.29) is 16.2 Å². The van der Waals surface area contributed by atoms with E-state index in [4.69, 9.17) is 16.3 Å². The maximum atomic E-state index is 12.7. The van der Waals surface area contributed by atoms with Gasteiger partial charge in [-0.25, -0.2) is 17.7 Å². The van der Waals surface area contributed by atoms with Gasteiger partial charge in [-0.05, 0) is 35.9 Å². The third kappa shape index (κ3) is 4.99. The van der Waals surface area contributed by atoms with Crippen LogP contribution >= 0.6 is 22.9 Å². The molecule has 0 aliphatic heterocycles. The molecule has 0 saturated carbocycles. The molecule has 0 aliphatic carbocycles. The maximum absolute atomic E-state index is 12.7. The number of benzene rings is 2. The predicted octanol–water partition coefficient (Wildman–Crippen LogP) is 3.90. The summed E-state index contributed by atoms with van der Waals surface area (Å²) in [6.07, 6.45) is 2.33. The second-order valence-corrected chi connectivity index (χ2v) is 10.2. The molecular weight excluding hydrogens is 446 g/mol. The van der Waals surface area contributed by atoms with E-state index < -0.39 is 15.9 Å². The number of aromatic nitrogens is 1. The third-order valence-electron chi connectivity index (χ3n) is 4.23. The fourth-order valence-electron chi connectivity index (χ4n) is 2.68. The highest BCUT2D eigenvalue weighted by atomic mass is 35.5. The number of carbonyl (C=O) groups excluding carboxylic acids is 1. The highest BCUT2D eigenvalue weighted by Gasteiger charge is 2.24. The highest BCUT2D eigenvalue weighted by molar-refractivity contribution is 7.89. The van der Waals surface area contributed by atoms with E-state index in [1.54, 1.807) is 6.20 Å². The van der Waals surface area contributed by atoms with Crippen molar-refractivity contribution in [2.75, 3.05) is 26.5 Å². The van der Waals surface area contributed by atoms with Gasteiger partial charge in [0.05, 0.1) is 7.11 Å². The van der Waals surface area contributed by atoms with Gasteiger partial charge in [0.25, 0.3) is 5.91 Å². The van der Waals surface area contributed by atoms with Crippen molar-refractivity contribution in [3.8, 4) is 5.75 Å². The van der Waals surface area contributed by atoms with E-state index >= 15 is 0 Å². The quantitative estimate of drug-likeness (QED) is 0.571. The lowest BCUT2D eigenvalue weighted by atomic mass is 10.1. The van der Waals surface area contributed by atoms with Crippen molar-refractivity contribution < 1.29 is 17.9 Å². The van der Waals surface area contributed by atoms with Crippen molar-refractivity contribution in [2.24, 2.45) is 0 Å². The van der Waals surface area contributed by atoms with Crippen molar-refractivity contribution in [1.82, 2.24) is 9.29 Å². The summed E-state index contributed by atoms with van der Waals surface area (Å²) in [7, 11) is 0.428. The Morgan fingerprint density at radius 3 is 2.67 bits per heavy atom. The summed E-state index contributed by atoms with van der Waals surface area (Å²) in [5, 5.41) is 3.80. The van der Waals surface area contributed by atoms with E-state index in [1.807, 2.05) is 24.3 Å². The Bertz CT molecular complexity index is 1180. The standard InChI is InChI=1S/C20H20ClN3O4S2/c1-24(2)30(26,27)18-11-14(7-8-17(18)28-3)19(25)23-20-22-12-16(29-20)10-13-5-4-6-15(21)9-13/h4-9,11-12H,10H2,1-3H3,(H,22,23,25). The zero-order valence-corrected chi connectivity index (χ0v) is 18.9. The van der Waals surface area contributed by atoms with Crippen molar-refractivity contribution in [3.05, 3.63) is 69.7 Å². The second-order valence-electron chi connectivity index (χ2n) is 6.55. The molecule has 0 saturated heterocycles. The first-order chi connectivity index (χ1) is 14.2. The average molecular weight is 466 g/mol. The molecule has 30 heavy (non-hydrogen) atoms. The fourth-order valence-corrected chi connectivity index (χ4v) is 4.81. The monoisotopic (exact) mass is 465 g/mol. The van der Waals surface area contributed by atoms with Crippen LogP contribution in [0.1, 0.15) is 20.8 Å². The van der Waals surface area contributed by atoms with Gasteiger partial charge in [0, 0.05) is 42.2 Å². The summed E-state index contributed by atoms with van der Waals surface area (Å²) in [6, 6.07) is 11.8. The van der Waals surface area contributed by atoms with Crippen molar-refractivity contribution in [2.45, 2.75) is 11.3 Å². The largest absolute Gasteiger partial charge is 0.495 e. The van der Waals surface area contributed by atoms with Crippen LogP contribution < -0.4 is 10.1 Å². The van der Waals surface area contributed by atoms with Gasteiger partial charge < -0.3 is 4.74 Å². The first kappa shape index (κ1) is 22.2. The van der Waals surface area contributed by atoms with Gasteiger partial charge in [-0.2, -0.15) is 0 Å². The number of hydrogen-bond donors (Lipinski definition) is 1. The number of rotatable bonds is 7. The zero-order chi connectivity index (χ0) is 21.9. The molecule has 3 aromatic rings. The number of amides is 1. The van der Waals surface area contributed by atoms with Gasteiger partial charge in [-0.3, -0.25) is 10.1 Å². The number of sulfonamides is 1. The van der Waals surface area contributed by atoms with Crippen LogP contribution in [0.15, 0.2) is 53.6 Å². The molecule has 1 amide bonds. The molecule has 0 unspecified atom stereocenters. The lowest BCUT2D eigenvalue weighted by molar-refractivity contribution is 0.102. The molecule has 0 atom stereocenters. The van der Waals surface area contributed by atoms with E-state index in [1.165, 1.54) is 50.7 Å². The molecule has 0 spiro atoms. The number of nitrogens with one attached hydrogen (secondary N) is 1. The van der Waals surface area contributed by atoms with Gasteiger partial charge in [0.2, 0.25) is 10.0 Å². The van der Waals surface area contributed by atoms with E-state index in [0.717, 1.165) is 14.7 Å². The lowest BCUT2D eigenvalue weighted by Gasteiger charge is -2.15. The molecule has 158 valence electrons. The van der Waals surface area contributed by atoms with Gasteiger partial charge in [0.1, 0.15) is 10.6 Å². The predicted molar refractivity (Wildman–Crippen MR) is 118 cm³/mol. The number of thiazole rings is 1. The highest BCUT2D eigenvalue weighted by Crippen LogP contribution is 2.28. The Morgan fingerprint density at radius 1 is 1.23 bits per heavy atom. The minimum Gasteiger partial charge on any atom is -0.495 e. The maximum Gasteiger partial charge on any atom is 0.257 e. The summed E-state index contributed by atoms with van der Waals surface area (Å²) < 4.78 is 31.3. The molecule has 7 nitrogen and oxygen atoms in total. The Hall–Kier alpha value is -2.46. The van der Waals surface area contributed by atoms with Gasteiger partial charge in [0.15, 0.2) is 5.13 Å². The molecule has 0 radical (unpaired) electrons. The minimum absolute atomic E-state index is 0.0802. The Morgan fingerprint density at radius 2 is 2.00 bits per heavy atom. The van der Waals surface area contributed by atoms with Crippen LogP contribution in [0, 0.1) is 0 Å². The Balaban J connectivity index is 1.79. The second kappa shape index (κ2) is 9.13. The van der Waals surface area contributed by atoms with Crippen molar-refractivity contribution in [1.29, 1.82) is 0 Å². The number of carbonyl (C=O) groups is 1. The first-order valence-electron chi connectivity index (χ1n) is 8.82. The molecule has 1 N–H and O–H groups in total. The summed E-state index contributed by atoms with van der Waals surface area (Å²) in [4.78, 5) is 17.8. The van der Waals surface area contributed by atoms with Crippen LogP contribution in [-0.4, -0.2) is 44.8 Å². The van der Waals surface area contributed by atoms with Crippen LogP contribution in [0.4, 0.5) is 5.13 Å². The summed E-state index contributed by atoms with van der Waals surface area (Å²) in [5.41, 5.74) is 1.22. The van der Waals surface area contributed by atoms with Gasteiger partial charge in [-0.15, -0.1) is 11.3 Å². The van der Waals surface area contributed by atoms with Crippen LogP contribution in [0.5, 0.6) is 5.75 Å². The van der Waals surface area contributed by atoms with Crippen LogP contribution in [0.2, 0.25) is 5.02 Å². The zero-order valence-electron chi connectivity index (χ0n) is 16.5. The van der Waals surface area contributed by atoms with Crippen LogP contribution in [-0.2, 0) is 16.4 Å². The number of anilines is 1. The number of ether oxygens (including phenoxy) is 1. The van der Waals surface area contributed by atoms with Crippen molar-refractivity contribution in [3.63, 3.8) is 0 Å². The van der Waals surface area contributed by atoms with Crippen molar-refractivity contribution >= 4 is 44.0 Å². The van der Waals surface area contributed by atoms with E-state index in [9.17, 15) is 13.2 Å². The minimum atomic E-state index is -3.78. The molecular formula is C20H20ClN3O4S2. The molecule has 0 bridgehead atoms. The lowest BCUT2D eigenvalue weighted by Crippen LogP contribution is -2.23. The van der Waals surface area contributed by atoms with Gasteiger partial charge in [-0.1, -0.05) is 23.7 Å². The number of halogens is 1. The topological polar surface area (TPSA) is 88.6 Å². The number of nitrogens with zero attached hydrogens (tertiary/aromatic N) is 2. The van der Waals surface area contributed by atoms with Crippen LogP contribution in [0.3, 0.4) is 0 Å². The normalized spacial score (nSPS) is 11.5. The van der Waals surface area contributed by atoms with E-state index in [2.05, 4.69) is 10.3 Å². The first-order valence-corrected chi connectivity index (χ1v) is 11.4. The summed E-state index contributed by atoms with van der Waals surface area (Å²) >= 11 is 7.36. The smallest absolute Gasteiger partial charge is 0.257 e. The Kier molecular flexibility index (Phi) is 6.77. The summed E-state index contributed by atoms with van der Waals surface area (Å²) in [5.74, 6) is -0.296. The molecule has 0 fully saturated rings. The van der Waals surface area contributed by atoms with Crippen LogP contribution in [0.25, 0.3) is 0 Å². The Labute approximate surface area is 184 Å². The average Bonchev–Trinajstić information content (AvgIpc) is 3.13. The van der Waals surface area contributed by atoms with Gasteiger partial charge >= 0.3 is 0 Å². The summed E-state index contributed by atoms with van der Waals surface area (Å²) in [6.45, 7) is 0. The number of hydrogen-bond acceptors (Lipinski definition) is 6.